The molecule has 1 saturated heterocycles. The maximum atomic E-state index is 13.1. The summed E-state index contributed by atoms with van der Waals surface area (Å²) in [4.78, 5) is 66.7. The number of amides is 2. The number of quaternary nitrogens is 2. The van der Waals surface area contributed by atoms with Crippen molar-refractivity contribution in [3.05, 3.63) is 130 Å². The van der Waals surface area contributed by atoms with Crippen LogP contribution in [0.15, 0.2) is 117 Å². The first-order valence-corrected chi connectivity index (χ1v) is 53.2. The number of imide groups is 1. The van der Waals surface area contributed by atoms with Crippen LogP contribution in [-0.2, 0) is 72.2 Å². The van der Waals surface area contributed by atoms with Crippen molar-refractivity contribution in [1.29, 1.82) is 0 Å². The number of benzene rings is 4. The van der Waals surface area contributed by atoms with E-state index in [4.69, 9.17) is 30.7 Å². The van der Waals surface area contributed by atoms with Gasteiger partial charge >= 0.3 is 587 Å². The van der Waals surface area contributed by atoms with E-state index in [2.05, 4.69) is 103 Å². The number of carbonyl (C=O) groups excluding carboxylic acids is 3. The fourth-order valence-corrected chi connectivity index (χ4v) is 43.0. The van der Waals surface area contributed by atoms with Crippen LogP contribution in [0.2, 0.25) is 38.3 Å². The molecule has 13 rings (SSSR count). The van der Waals surface area contributed by atoms with Crippen LogP contribution in [0, 0.1) is 0 Å². The summed E-state index contributed by atoms with van der Waals surface area (Å²) in [6.07, 6.45) is 6.31. The van der Waals surface area contributed by atoms with Crippen LogP contribution in [0.3, 0.4) is 0 Å². The molecule has 590 valence electrons. The summed E-state index contributed by atoms with van der Waals surface area (Å²) in [7, 11) is -31.6. The number of amidine groups is 4. The number of hydroxylamine groups is 2. The van der Waals surface area contributed by atoms with Crippen LogP contribution in [-0.4, -0.2) is 219 Å². The molecular formula is C72H100N12O18S4Si3+2. The summed E-state index contributed by atoms with van der Waals surface area (Å²) in [5.74, 6) is 4.91. The van der Waals surface area contributed by atoms with Gasteiger partial charge in [0.2, 0.25) is 0 Å². The van der Waals surface area contributed by atoms with Crippen molar-refractivity contribution >= 4 is 139 Å². The molecule has 109 heavy (non-hydrogen) atoms. The Hall–Kier alpha value is -7.06. The number of aromatic nitrogens is 2. The fraction of sp³-hybridized carbons (Fsp3) is 0.514. The number of nitrogens with zero attached hydrogens (tertiary/aromatic N) is 11. The quantitative estimate of drug-likeness (QED) is 0.00700. The molecule has 1 atom stereocenters. The van der Waals surface area contributed by atoms with Crippen LogP contribution in [0.5, 0.6) is 0 Å². The second-order valence-corrected chi connectivity index (χ2v) is 52.4. The summed E-state index contributed by atoms with van der Waals surface area (Å²) >= 11 is 0. The summed E-state index contributed by atoms with van der Waals surface area (Å²) in [5, 5.41) is 3.67. The predicted molar refractivity (Wildman–Crippen MR) is 418 cm³/mol. The zero-order chi connectivity index (χ0) is 77.9. The summed E-state index contributed by atoms with van der Waals surface area (Å²) in [5.41, 5.74) is 4.23. The van der Waals surface area contributed by atoms with E-state index >= 15 is 0 Å². The number of fused-ring (bicyclic) bond motifs is 12. The van der Waals surface area contributed by atoms with Crippen molar-refractivity contribution in [3.63, 3.8) is 0 Å². The van der Waals surface area contributed by atoms with Crippen molar-refractivity contribution < 1.29 is 96.5 Å². The Balaban J connectivity index is 0.995. The SMILES string of the molecule is CCCC[N+](CCCCS(=O)(=O)O)(CCCCS(=O)(=O)ON)CCC[Si](C)(C)O[Si-2]123(O[Si](C)(C)CCC[N+](CCCCCC(=O)ON4C(=O)CCC4=O)(CCCCS(=O)(=O)O)CCCCS(=O)(=O)O)n4c5c6ccccc6c4N=C4c6ccccc6C(=[N+]41)N=c1c4ccccc4c(n12)=NC1=[N+]3C(=N5)c2ccccc21. The van der Waals surface area contributed by atoms with Gasteiger partial charge in [-0.2, -0.15) is 5.90 Å². The van der Waals surface area contributed by atoms with Crippen molar-refractivity contribution in [2.24, 2.45) is 25.9 Å². The molecule has 1 spiro atoms. The van der Waals surface area contributed by atoms with E-state index in [-0.39, 0.29) is 50.7 Å². The number of rotatable bonds is 43. The van der Waals surface area contributed by atoms with Gasteiger partial charge < -0.3 is 4.84 Å². The van der Waals surface area contributed by atoms with E-state index in [1.807, 2.05) is 48.5 Å². The van der Waals surface area contributed by atoms with Gasteiger partial charge in [0.15, 0.2) is 0 Å². The molecular weight excluding hydrogens is 1530 g/mol. The molecule has 30 nitrogen and oxygen atoms in total. The van der Waals surface area contributed by atoms with Gasteiger partial charge in [0.25, 0.3) is 11.8 Å². The predicted octanol–water partition coefficient (Wildman–Crippen LogP) is 8.15. The zero-order valence-electron chi connectivity index (χ0n) is 62.5. The normalized spacial score (nSPS) is 18.4. The molecule has 0 bridgehead atoms. The molecule has 1 fully saturated rings. The third kappa shape index (κ3) is 14.7. The summed E-state index contributed by atoms with van der Waals surface area (Å²) in [6, 6.07) is 33.4. The van der Waals surface area contributed by atoms with E-state index in [9.17, 15) is 69.9 Å². The molecule has 0 radical (unpaired) electrons. The second-order valence-electron chi connectivity index (χ2n) is 31.6. The molecule has 5 N–H and O–H groups in total. The van der Waals surface area contributed by atoms with Gasteiger partial charge in [0, 0.05) is 12.8 Å². The van der Waals surface area contributed by atoms with Crippen LogP contribution < -0.4 is 16.9 Å². The number of hydrogen-bond acceptors (Lipinski definition) is 20. The molecule has 2 aromatic heterocycles. The number of nitrogens with two attached hydrogens (primary N) is 1. The Morgan fingerprint density at radius 2 is 0.853 bits per heavy atom. The van der Waals surface area contributed by atoms with Gasteiger partial charge in [0.1, 0.15) is 0 Å². The van der Waals surface area contributed by atoms with E-state index in [1.54, 1.807) is 0 Å². The van der Waals surface area contributed by atoms with Gasteiger partial charge in [0.05, 0.1) is 0 Å². The Labute approximate surface area is 637 Å². The first-order chi connectivity index (χ1) is 51.6. The number of unbranched alkanes of at least 4 members (excludes halogenated alkanes) is 7. The molecule has 7 aliphatic rings. The maximum absolute atomic E-state index is 13.1. The second kappa shape index (κ2) is 29.8. The summed E-state index contributed by atoms with van der Waals surface area (Å²) in [6.45, 7) is 15.2. The third-order valence-electron chi connectivity index (χ3n) is 22.9. The zero-order valence-corrected chi connectivity index (χ0v) is 68.7. The van der Waals surface area contributed by atoms with Crippen molar-refractivity contribution in [3.8, 4) is 0 Å². The van der Waals surface area contributed by atoms with Crippen molar-refractivity contribution in [1.82, 2.24) is 13.5 Å². The van der Waals surface area contributed by atoms with E-state index in [0.717, 1.165) is 56.6 Å². The van der Waals surface area contributed by atoms with Gasteiger partial charge in [-0.1, -0.05) is 0 Å². The molecule has 7 aliphatic heterocycles. The number of carbonyl (C=O) groups is 3. The van der Waals surface area contributed by atoms with Gasteiger partial charge in [-0.15, -0.1) is 5.06 Å². The van der Waals surface area contributed by atoms with E-state index < -0.39 is 99.9 Å². The minimum atomic E-state index is -7.36. The van der Waals surface area contributed by atoms with Crippen LogP contribution in [0.1, 0.15) is 145 Å². The first kappa shape index (κ1) is 80.0. The molecule has 9 heterocycles. The first-order valence-electron chi connectivity index (χ1n) is 38.0. The molecule has 2 amide bonds. The standard InChI is InChI=1S/C72H98N12O18S4Si3/c1-6-7-40-83(42-19-23-48-103(88,89)90,45-22-26-51-106(97,98)100-73)46-27-52-107(2,3)101-109(102-108(4,5)53-28-47-84(43-20-24-49-104(91,92)93,44-21-25-50-105(94,95)96)41-18-8-9-37-64(87)99-78-62(85)38-39-63(78)86)79-65-54-29-10-11-30-55(54)66(79)75-68-58-33-14-15-34-59(58)70(81(68)109)77-72-61-36-17-16-35-60(61)71(82(72)109)76-69-57-32-13-12-31-56(57)67(74-65)80(69)109/h10-17,29-36H,6-9,18-28,37-53,73H2,1-5H3,(H-2,88,89,90,91,92,93,94,95,96)/p+2. The fourth-order valence-electron chi connectivity index (χ4n) is 18.5. The van der Waals surface area contributed by atoms with Gasteiger partial charge in [-0.25, -0.2) is 4.79 Å². The van der Waals surface area contributed by atoms with E-state index in [1.165, 1.54) is 0 Å². The molecule has 6 aromatic rings. The van der Waals surface area contributed by atoms with E-state index in [0.29, 0.717) is 182 Å². The van der Waals surface area contributed by atoms with Gasteiger partial charge in [-0.3, -0.25) is 9.59 Å². The van der Waals surface area contributed by atoms with Gasteiger partial charge in [-0.05, 0) is 0 Å². The average Bonchev–Trinajstić information content (AvgIpc) is 1.48. The Morgan fingerprint density at radius 3 is 1.26 bits per heavy atom. The number of aliphatic imine (C=N–C) groups is 2. The van der Waals surface area contributed by atoms with Crippen molar-refractivity contribution in [2.75, 3.05) is 75.4 Å². The topological polar surface area (TPSA) is 380 Å². The van der Waals surface area contributed by atoms with Crippen LogP contribution >= 0.6 is 0 Å². The molecule has 4 aromatic carbocycles. The Kier molecular flexibility index (Phi) is 21.9. The Bertz CT molecular complexity index is 5240. The number of hydrogen-bond donors (Lipinski definition) is 4. The monoisotopic (exact) mass is 1630 g/mol. The summed E-state index contributed by atoms with van der Waals surface area (Å²) < 4.78 is 162. The molecule has 0 aliphatic carbocycles. The minimum absolute atomic E-state index is 0.0501. The Morgan fingerprint density at radius 1 is 0.486 bits per heavy atom. The van der Waals surface area contributed by atoms with Crippen LogP contribution in [0.25, 0.3) is 21.5 Å². The van der Waals surface area contributed by atoms with Crippen LogP contribution in [0.4, 0.5) is 11.6 Å². The molecule has 37 heteroatoms. The van der Waals surface area contributed by atoms with Crippen molar-refractivity contribution in [2.45, 2.75) is 161 Å². The average molecular weight is 1630 g/mol. The molecule has 1 unspecified atom stereocenters. The molecule has 0 saturated carbocycles. The third-order valence-corrected chi connectivity index (χ3v) is 43.1.